The summed E-state index contributed by atoms with van der Waals surface area (Å²) in [5.41, 5.74) is 2.34. The molecule has 0 atom stereocenters. The molecule has 5 rings (SSSR count). The molecule has 1 aliphatic rings. The van der Waals surface area contributed by atoms with Crippen LogP contribution in [-0.4, -0.2) is 28.5 Å². The van der Waals surface area contributed by atoms with Gasteiger partial charge in [0.2, 0.25) is 0 Å². The van der Waals surface area contributed by atoms with Crippen molar-refractivity contribution in [2.24, 2.45) is 0 Å². The normalized spacial score (nSPS) is 13.5. The first-order chi connectivity index (χ1) is 16.0. The van der Waals surface area contributed by atoms with E-state index in [4.69, 9.17) is 0 Å². The van der Waals surface area contributed by atoms with Crippen molar-refractivity contribution in [2.75, 3.05) is 23.3 Å². The Morgan fingerprint density at radius 2 is 1.70 bits per heavy atom. The first kappa shape index (κ1) is 20.9. The molecule has 1 amide bonds. The van der Waals surface area contributed by atoms with Crippen molar-refractivity contribution in [3.63, 3.8) is 0 Å². The predicted octanol–water partition coefficient (Wildman–Crippen LogP) is 4.69. The maximum atomic E-state index is 14.6. The molecular formula is C26H23FN4O2. The van der Waals surface area contributed by atoms with E-state index < -0.39 is 11.7 Å². The highest BCUT2D eigenvalue weighted by atomic mass is 19.1. The van der Waals surface area contributed by atoms with E-state index in [0.717, 1.165) is 25.9 Å². The standard InChI is InChI=1S/C26H23FN4O2/c1-17-28-22-9-3-2-7-20(22)26(33)31(17)19-13-11-18(12-14-19)25(32)29-24-21(27)8-6-10-23(24)30-15-4-5-16-30/h2-3,6-14H,4-5,15-16H2,1H3,(H,29,32). The van der Waals surface area contributed by atoms with Crippen LogP contribution in [-0.2, 0) is 0 Å². The zero-order valence-corrected chi connectivity index (χ0v) is 18.2. The number of amides is 1. The smallest absolute Gasteiger partial charge is 0.265 e. The third-order valence-electron chi connectivity index (χ3n) is 6.01. The van der Waals surface area contributed by atoms with Crippen LogP contribution in [0, 0.1) is 12.7 Å². The molecule has 2 heterocycles. The van der Waals surface area contributed by atoms with Gasteiger partial charge in [-0.1, -0.05) is 18.2 Å². The summed E-state index contributed by atoms with van der Waals surface area (Å²) in [5.74, 6) is -0.320. The number of aromatic nitrogens is 2. The lowest BCUT2D eigenvalue weighted by Gasteiger charge is -2.22. The summed E-state index contributed by atoms with van der Waals surface area (Å²) >= 11 is 0. The zero-order valence-electron chi connectivity index (χ0n) is 18.2. The number of anilines is 2. The lowest BCUT2D eigenvalue weighted by molar-refractivity contribution is 0.102. The number of para-hydroxylation sites is 2. The Bertz CT molecular complexity index is 1410. The van der Waals surface area contributed by atoms with E-state index in [2.05, 4.69) is 15.2 Å². The third-order valence-corrected chi connectivity index (χ3v) is 6.01. The average Bonchev–Trinajstić information content (AvgIpc) is 3.35. The van der Waals surface area contributed by atoms with Gasteiger partial charge in [-0.15, -0.1) is 0 Å². The molecule has 0 spiro atoms. The summed E-state index contributed by atoms with van der Waals surface area (Å²) < 4.78 is 16.1. The van der Waals surface area contributed by atoms with Crippen molar-refractivity contribution in [2.45, 2.75) is 19.8 Å². The van der Waals surface area contributed by atoms with Gasteiger partial charge in [0, 0.05) is 18.7 Å². The van der Waals surface area contributed by atoms with E-state index in [-0.39, 0.29) is 11.2 Å². The molecule has 3 aromatic carbocycles. The number of carbonyl (C=O) groups excluding carboxylic acids is 1. The summed E-state index contributed by atoms with van der Waals surface area (Å²) in [5, 5.41) is 3.27. The van der Waals surface area contributed by atoms with Gasteiger partial charge in [0.05, 0.1) is 22.3 Å². The lowest BCUT2D eigenvalue weighted by atomic mass is 10.1. The lowest BCUT2D eigenvalue weighted by Crippen LogP contribution is -2.23. The minimum Gasteiger partial charge on any atom is -0.370 e. The van der Waals surface area contributed by atoms with Crippen molar-refractivity contribution in [3.05, 3.63) is 94.3 Å². The molecule has 1 aliphatic heterocycles. The number of hydrogen-bond donors (Lipinski definition) is 1. The van der Waals surface area contributed by atoms with Crippen molar-refractivity contribution < 1.29 is 9.18 Å². The number of carbonyl (C=O) groups is 1. The van der Waals surface area contributed by atoms with Crippen LogP contribution in [0.2, 0.25) is 0 Å². The quantitative estimate of drug-likeness (QED) is 0.498. The van der Waals surface area contributed by atoms with Gasteiger partial charge < -0.3 is 10.2 Å². The van der Waals surface area contributed by atoms with Crippen LogP contribution in [0.15, 0.2) is 71.5 Å². The molecule has 0 saturated carbocycles. The Kier molecular flexibility index (Phi) is 5.38. The Morgan fingerprint density at radius 1 is 0.970 bits per heavy atom. The number of rotatable bonds is 4. The highest BCUT2D eigenvalue weighted by Crippen LogP contribution is 2.31. The Balaban J connectivity index is 1.44. The molecule has 1 N–H and O–H groups in total. The summed E-state index contributed by atoms with van der Waals surface area (Å²) in [6, 6.07) is 18.7. The average molecular weight is 442 g/mol. The van der Waals surface area contributed by atoms with Gasteiger partial charge >= 0.3 is 0 Å². The topological polar surface area (TPSA) is 67.2 Å². The Hall–Kier alpha value is -4.00. The molecule has 4 aromatic rings. The van der Waals surface area contributed by atoms with Crippen LogP contribution < -0.4 is 15.8 Å². The molecule has 0 radical (unpaired) electrons. The molecule has 1 saturated heterocycles. The maximum Gasteiger partial charge on any atom is 0.265 e. The molecule has 7 heteroatoms. The SMILES string of the molecule is Cc1nc2ccccc2c(=O)n1-c1ccc(C(=O)Nc2c(F)cccc2N2CCCC2)cc1. The van der Waals surface area contributed by atoms with Crippen molar-refractivity contribution >= 4 is 28.2 Å². The van der Waals surface area contributed by atoms with Crippen LogP contribution in [0.1, 0.15) is 29.0 Å². The second kappa shape index (κ2) is 8.50. The fraction of sp³-hybridized carbons (Fsp3) is 0.192. The zero-order chi connectivity index (χ0) is 22.9. The second-order valence-electron chi connectivity index (χ2n) is 8.15. The maximum absolute atomic E-state index is 14.6. The second-order valence-corrected chi connectivity index (χ2v) is 8.15. The molecule has 1 aromatic heterocycles. The third kappa shape index (κ3) is 3.86. The van der Waals surface area contributed by atoms with Gasteiger partial charge in [0.25, 0.3) is 11.5 Å². The largest absolute Gasteiger partial charge is 0.370 e. The summed E-state index contributed by atoms with van der Waals surface area (Å²) in [6.45, 7) is 3.45. The Morgan fingerprint density at radius 3 is 2.45 bits per heavy atom. The molecule has 0 unspecified atom stereocenters. The number of fused-ring (bicyclic) bond motifs is 1. The summed E-state index contributed by atoms with van der Waals surface area (Å²) in [7, 11) is 0. The molecule has 0 bridgehead atoms. The van der Waals surface area contributed by atoms with E-state index in [1.807, 2.05) is 12.1 Å². The minimum absolute atomic E-state index is 0.170. The summed E-state index contributed by atoms with van der Waals surface area (Å²) in [4.78, 5) is 32.5. The van der Waals surface area contributed by atoms with Crippen molar-refractivity contribution in [1.29, 1.82) is 0 Å². The van der Waals surface area contributed by atoms with Gasteiger partial charge in [-0.3, -0.25) is 14.2 Å². The summed E-state index contributed by atoms with van der Waals surface area (Å²) in [6.07, 6.45) is 2.10. The number of halogens is 1. The molecule has 0 aliphatic carbocycles. The monoisotopic (exact) mass is 442 g/mol. The number of nitrogens with zero attached hydrogens (tertiary/aromatic N) is 3. The van der Waals surface area contributed by atoms with E-state index in [9.17, 15) is 14.0 Å². The molecule has 33 heavy (non-hydrogen) atoms. The van der Waals surface area contributed by atoms with E-state index in [1.165, 1.54) is 10.6 Å². The van der Waals surface area contributed by atoms with Gasteiger partial charge in [-0.2, -0.15) is 0 Å². The number of hydrogen-bond acceptors (Lipinski definition) is 4. The van der Waals surface area contributed by atoms with Gasteiger partial charge in [0.1, 0.15) is 17.3 Å². The van der Waals surface area contributed by atoms with Gasteiger partial charge in [0.15, 0.2) is 0 Å². The molecular weight excluding hydrogens is 419 g/mol. The predicted molar refractivity (Wildman–Crippen MR) is 128 cm³/mol. The number of nitrogens with one attached hydrogen (secondary N) is 1. The van der Waals surface area contributed by atoms with E-state index >= 15 is 0 Å². The fourth-order valence-corrected chi connectivity index (χ4v) is 4.35. The minimum atomic E-state index is -0.464. The van der Waals surface area contributed by atoms with Gasteiger partial charge in [-0.05, 0) is 68.3 Å². The van der Waals surface area contributed by atoms with Crippen LogP contribution >= 0.6 is 0 Å². The Labute approximate surface area is 190 Å². The fourth-order valence-electron chi connectivity index (χ4n) is 4.35. The first-order valence-corrected chi connectivity index (χ1v) is 11.0. The molecule has 166 valence electrons. The van der Waals surface area contributed by atoms with Crippen LogP contribution in [0.25, 0.3) is 16.6 Å². The molecule has 1 fully saturated rings. The van der Waals surface area contributed by atoms with Crippen molar-refractivity contribution in [3.8, 4) is 5.69 Å². The first-order valence-electron chi connectivity index (χ1n) is 11.0. The van der Waals surface area contributed by atoms with Crippen LogP contribution in [0.3, 0.4) is 0 Å². The number of aryl methyl sites for hydroxylation is 1. The highest BCUT2D eigenvalue weighted by molar-refractivity contribution is 6.06. The molecule has 6 nitrogen and oxygen atoms in total. The highest BCUT2D eigenvalue weighted by Gasteiger charge is 2.20. The van der Waals surface area contributed by atoms with E-state index in [0.29, 0.717) is 33.7 Å². The van der Waals surface area contributed by atoms with Crippen LogP contribution in [0.5, 0.6) is 0 Å². The number of benzene rings is 3. The van der Waals surface area contributed by atoms with Crippen molar-refractivity contribution in [1.82, 2.24) is 9.55 Å². The van der Waals surface area contributed by atoms with Gasteiger partial charge in [-0.25, -0.2) is 9.37 Å². The van der Waals surface area contributed by atoms with E-state index in [1.54, 1.807) is 55.5 Å². The van der Waals surface area contributed by atoms with Crippen LogP contribution in [0.4, 0.5) is 15.8 Å².